The fraction of sp³-hybridized carbons (Fsp3) is 0.462. The molecule has 1 N–H and O–H groups in total. The van der Waals surface area contributed by atoms with E-state index in [0.717, 1.165) is 44.8 Å². The molecule has 33 heavy (non-hydrogen) atoms. The van der Waals surface area contributed by atoms with Gasteiger partial charge in [0.25, 0.3) is 0 Å². The summed E-state index contributed by atoms with van der Waals surface area (Å²) in [5.74, 6) is -0.192. The van der Waals surface area contributed by atoms with Crippen molar-refractivity contribution in [3.05, 3.63) is 66.2 Å². The van der Waals surface area contributed by atoms with Crippen molar-refractivity contribution in [2.75, 3.05) is 57.9 Å². The Hall–Kier alpha value is -2.74. The smallest absolute Gasteiger partial charge is 0.247 e. The zero-order chi connectivity index (χ0) is 22.8. The lowest BCUT2D eigenvalue weighted by atomic mass is 9.84. The topological polar surface area (TPSA) is 59.1 Å². The maximum atomic E-state index is 13.6. The highest BCUT2D eigenvalue weighted by Crippen LogP contribution is 2.32. The molecule has 0 aromatic heterocycles. The molecule has 7 heteroatoms. The lowest BCUT2D eigenvalue weighted by Gasteiger charge is -2.41. The van der Waals surface area contributed by atoms with Crippen LogP contribution in [0.1, 0.15) is 5.56 Å². The molecule has 3 fully saturated rings. The van der Waals surface area contributed by atoms with Crippen LogP contribution in [0.15, 0.2) is 60.7 Å². The van der Waals surface area contributed by atoms with Crippen LogP contribution in [0.25, 0.3) is 0 Å². The van der Waals surface area contributed by atoms with E-state index in [4.69, 9.17) is 0 Å². The van der Waals surface area contributed by atoms with E-state index in [1.54, 1.807) is 5.01 Å². The molecule has 0 aliphatic carbocycles. The number of hydrogen-bond acceptors (Lipinski definition) is 5. The minimum absolute atomic E-state index is 0.0567. The lowest BCUT2D eigenvalue weighted by Crippen LogP contribution is -2.59. The average Bonchev–Trinajstić information content (AvgIpc) is 3.19. The Balaban J connectivity index is 1.21. The first-order valence-corrected chi connectivity index (χ1v) is 12.0. The summed E-state index contributed by atoms with van der Waals surface area (Å²) in [4.78, 5) is 33.3. The SMILES string of the molecule is CN1CC(C(=O)N2CCN(CCc3ccccc3)CC2)C2NN(c3ccccc3)C(=O)C2C1. The number of hydrogen-bond donors (Lipinski definition) is 1. The molecule has 174 valence electrons. The number of benzene rings is 2. The third-order valence-corrected chi connectivity index (χ3v) is 7.27. The van der Waals surface area contributed by atoms with E-state index < -0.39 is 0 Å². The second-order valence-electron chi connectivity index (χ2n) is 9.50. The highest BCUT2D eigenvalue weighted by molar-refractivity contribution is 5.98. The average molecular weight is 448 g/mol. The van der Waals surface area contributed by atoms with E-state index in [9.17, 15) is 9.59 Å². The maximum Gasteiger partial charge on any atom is 0.247 e. The molecule has 0 spiro atoms. The first-order chi connectivity index (χ1) is 16.1. The highest BCUT2D eigenvalue weighted by Gasteiger charge is 2.51. The molecule has 0 radical (unpaired) electrons. The number of fused-ring (bicyclic) bond motifs is 1. The summed E-state index contributed by atoms with van der Waals surface area (Å²) in [6, 6.07) is 20.1. The van der Waals surface area contributed by atoms with Crippen molar-refractivity contribution in [2.24, 2.45) is 11.8 Å². The Morgan fingerprint density at radius 2 is 1.61 bits per heavy atom. The molecule has 3 aliphatic rings. The number of piperidine rings is 1. The summed E-state index contributed by atoms with van der Waals surface area (Å²) in [6.45, 7) is 5.68. The number of rotatable bonds is 5. The molecule has 2 aromatic rings. The van der Waals surface area contributed by atoms with Crippen LogP contribution in [0.4, 0.5) is 5.69 Å². The largest absolute Gasteiger partial charge is 0.340 e. The van der Waals surface area contributed by atoms with E-state index in [-0.39, 0.29) is 29.7 Å². The van der Waals surface area contributed by atoms with Crippen molar-refractivity contribution in [2.45, 2.75) is 12.5 Å². The van der Waals surface area contributed by atoms with E-state index in [1.165, 1.54) is 5.56 Å². The van der Waals surface area contributed by atoms with Gasteiger partial charge in [-0.25, -0.2) is 10.4 Å². The van der Waals surface area contributed by atoms with Crippen molar-refractivity contribution < 1.29 is 9.59 Å². The molecule has 5 rings (SSSR count). The molecule has 2 aromatic carbocycles. The van der Waals surface area contributed by atoms with Crippen molar-refractivity contribution in [3.63, 3.8) is 0 Å². The molecule has 3 heterocycles. The van der Waals surface area contributed by atoms with Crippen molar-refractivity contribution in [3.8, 4) is 0 Å². The van der Waals surface area contributed by atoms with Gasteiger partial charge in [0.15, 0.2) is 0 Å². The Morgan fingerprint density at radius 3 is 2.30 bits per heavy atom. The summed E-state index contributed by atoms with van der Waals surface area (Å²) in [6.07, 6.45) is 1.04. The minimum Gasteiger partial charge on any atom is -0.340 e. The van der Waals surface area contributed by atoms with Crippen LogP contribution in [0.3, 0.4) is 0 Å². The number of carbonyl (C=O) groups is 2. The molecule has 2 amide bonds. The number of carbonyl (C=O) groups excluding carboxylic acids is 2. The fourth-order valence-electron chi connectivity index (χ4n) is 5.41. The number of nitrogens with zero attached hydrogens (tertiary/aromatic N) is 4. The summed E-state index contributed by atoms with van der Waals surface area (Å²) in [5.41, 5.74) is 5.58. The van der Waals surface area contributed by atoms with Gasteiger partial charge in [0.05, 0.1) is 23.6 Å². The number of piperazine rings is 1. The van der Waals surface area contributed by atoms with Crippen LogP contribution >= 0.6 is 0 Å². The molecular formula is C26H33N5O2. The van der Waals surface area contributed by atoms with Gasteiger partial charge in [0.1, 0.15) is 0 Å². The van der Waals surface area contributed by atoms with Crippen molar-refractivity contribution in [1.29, 1.82) is 0 Å². The van der Waals surface area contributed by atoms with Gasteiger partial charge < -0.3 is 9.80 Å². The number of nitrogens with one attached hydrogen (secondary N) is 1. The first kappa shape index (κ1) is 22.1. The van der Waals surface area contributed by atoms with Crippen LogP contribution < -0.4 is 10.4 Å². The predicted octanol–water partition coefficient (Wildman–Crippen LogP) is 1.47. The first-order valence-electron chi connectivity index (χ1n) is 12.0. The van der Waals surface area contributed by atoms with E-state index in [1.807, 2.05) is 48.3 Å². The molecule has 3 unspecified atom stereocenters. The molecule has 3 aliphatic heterocycles. The standard InChI is InChI=1S/C26H33N5O2/c1-28-18-22(24-23(19-28)26(33)31(27-24)21-10-6-3-7-11-21)25(32)30-16-14-29(15-17-30)13-12-20-8-4-2-5-9-20/h2-11,22-24,27H,12-19H2,1H3. The molecular weight excluding hydrogens is 414 g/mol. The third kappa shape index (κ3) is 4.67. The summed E-state index contributed by atoms with van der Waals surface area (Å²) in [5, 5.41) is 1.65. The van der Waals surface area contributed by atoms with Gasteiger partial charge in [-0.1, -0.05) is 48.5 Å². The number of hydrazine groups is 1. The Morgan fingerprint density at radius 1 is 0.939 bits per heavy atom. The fourth-order valence-corrected chi connectivity index (χ4v) is 5.41. The van der Waals surface area contributed by atoms with Gasteiger partial charge in [-0.15, -0.1) is 0 Å². The quantitative estimate of drug-likeness (QED) is 0.752. The Labute approximate surface area is 195 Å². The summed E-state index contributed by atoms with van der Waals surface area (Å²) in [7, 11) is 2.01. The minimum atomic E-state index is -0.220. The Kier molecular flexibility index (Phi) is 6.44. The van der Waals surface area contributed by atoms with Crippen LogP contribution in [-0.2, 0) is 16.0 Å². The van der Waals surface area contributed by atoms with E-state index in [0.29, 0.717) is 13.1 Å². The van der Waals surface area contributed by atoms with Gasteiger partial charge >= 0.3 is 0 Å². The highest BCUT2D eigenvalue weighted by atomic mass is 16.2. The zero-order valence-electron chi connectivity index (χ0n) is 19.3. The number of anilines is 1. The van der Waals surface area contributed by atoms with Crippen molar-refractivity contribution in [1.82, 2.24) is 20.1 Å². The second-order valence-corrected chi connectivity index (χ2v) is 9.50. The van der Waals surface area contributed by atoms with Crippen LogP contribution in [0, 0.1) is 11.8 Å². The number of para-hydroxylation sites is 1. The van der Waals surface area contributed by atoms with Crippen LogP contribution in [0.5, 0.6) is 0 Å². The molecule has 0 saturated carbocycles. The molecule has 7 nitrogen and oxygen atoms in total. The third-order valence-electron chi connectivity index (χ3n) is 7.27. The van der Waals surface area contributed by atoms with Gasteiger partial charge in [-0.3, -0.25) is 14.5 Å². The number of likely N-dealkylation sites (tertiary alicyclic amines) is 1. The normalized spacial score (nSPS) is 26.5. The van der Waals surface area contributed by atoms with E-state index >= 15 is 0 Å². The Bertz CT molecular complexity index is 961. The van der Waals surface area contributed by atoms with Crippen molar-refractivity contribution >= 4 is 17.5 Å². The molecule has 3 saturated heterocycles. The second kappa shape index (κ2) is 9.63. The number of amides is 2. The summed E-state index contributed by atoms with van der Waals surface area (Å²) < 4.78 is 0. The van der Waals surface area contributed by atoms with Crippen LogP contribution in [0.2, 0.25) is 0 Å². The zero-order valence-corrected chi connectivity index (χ0v) is 19.3. The van der Waals surface area contributed by atoms with Gasteiger partial charge in [0, 0.05) is 45.8 Å². The monoisotopic (exact) mass is 447 g/mol. The summed E-state index contributed by atoms with van der Waals surface area (Å²) >= 11 is 0. The predicted molar refractivity (Wildman–Crippen MR) is 128 cm³/mol. The van der Waals surface area contributed by atoms with Gasteiger partial charge in [0.2, 0.25) is 11.8 Å². The van der Waals surface area contributed by atoms with Gasteiger partial charge in [-0.05, 0) is 31.2 Å². The maximum absolute atomic E-state index is 13.6. The molecule has 0 bridgehead atoms. The molecule has 3 atom stereocenters. The lowest BCUT2D eigenvalue weighted by molar-refractivity contribution is -0.141. The van der Waals surface area contributed by atoms with Crippen LogP contribution in [-0.4, -0.2) is 85.4 Å². The van der Waals surface area contributed by atoms with E-state index in [2.05, 4.69) is 39.5 Å². The van der Waals surface area contributed by atoms with Gasteiger partial charge in [-0.2, -0.15) is 0 Å².